The predicted molar refractivity (Wildman–Crippen MR) is 81.3 cm³/mol. The molecule has 1 heterocycles. The summed E-state index contributed by atoms with van der Waals surface area (Å²) in [5.74, 6) is -0.926. The van der Waals surface area contributed by atoms with E-state index in [1.807, 2.05) is 0 Å². The number of carbonyl (C=O) groups is 2. The van der Waals surface area contributed by atoms with Crippen LogP contribution >= 0.6 is 0 Å². The summed E-state index contributed by atoms with van der Waals surface area (Å²) in [6.45, 7) is 2.00. The first-order chi connectivity index (χ1) is 10.4. The molecule has 0 aromatic carbocycles. The molecule has 0 aliphatic heterocycles. The van der Waals surface area contributed by atoms with Gasteiger partial charge in [0.2, 0.25) is 0 Å². The van der Waals surface area contributed by atoms with Crippen molar-refractivity contribution in [1.82, 2.24) is 10.3 Å². The molecule has 1 aromatic heterocycles. The van der Waals surface area contributed by atoms with Crippen LogP contribution in [0.4, 0.5) is 10.5 Å². The zero-order chi connectivity index (χ0) is 17.0. The average Bonchev–Trinajstić information content (AvgIpc) is 2.49. The van der Waals surface area contributed by atoms with Gasteiger partial charge in [-0.05, 0) is 0 Å². The number of rotatable bonds is 6. The molecule has 0 saturated carbocycles. The van der Waals surface area contributed by atoms with Gasteiger partial charge >= 0.3 is 111 Å². The first-order valence-corrected chi connectivity index (χ1v) is 10.9. The summed E-state index contributed by atoms with van der Waals surface area (Å²) < 4.78 is 6.25. The van der Waals surface area contributed by atoms with Crippen LogP contribution in [0.1, 0.15) is 6.92 Å². The minimum atomic E-state index is -0.926. The van der Waals surface area contributed by atoms with Gasteiger partial charge in [-0.3, -0.25) is 4.79 Å². The Morgan fingerprint density at radius 3 is 2.59 bits per heavy atom. The van der Waals surface area contributed by atoms with Gasteiger partial charge in [-0.15, -0.1) is 0 Å². The summed E-state index contributed by atoms with van der Waals surface area (Å²) in [6.07, 6.45) is 3.40. The first kappa shape index (κ1) is 21.1. The van der Waals surface area contributed by atoms with Crippen molar-refractivity contribution in [2.45, 2.75) is 22.2 Å². The van der Waals surface area contributed by atoms with Crippen molar-refractivity contribution in [3.05, 3.63) is 24.5 Å². The summed E-state index contributed by atoms with van der Waals surface area (Å²) in [4.78, 5) is 25.0. The number of pyridine rings is 1. The number of amides is 2. The number of hydrogen-bond donors (Lipinski definition) is 3. The van der Waals surface area contributed by atoms with Gasteiger partial charge in [0.1, 0.15) is 0 Å². The number of carboxylic acid groups (broad SMARTS) is 1. The maximum absolute atomic E-state index is 11.5. The van der Waals surface area contributed by atoms with E-state index in [1.54, 1.807) is 31.6 Å². The van der Waals surface area contributed by atoms with Crippen LogP contribution in [0.5, 0.6) is 0 Å². The third-order valence-electron chi connectivity index (χ3n) is 2.41. The molecule has 118 valence electrons. The van der Waals surface area contributed by atoms with E-state index in [0.29, 0.717) is 38.4 Å². The Morgan fingerprint density at radius 2 is 2.18 bits per heavy atom. The number of ether oxygens (including phenoxy) is 1. The Hall–Kier alpha value is -0.865. The Morgan fingerprint density at radius 1 is 1.55 bits per heavy atom. The van der Waals surface area contributed by atoms with Gasteiger partial charge in [-0.2, -0.15) is 0 Å². The second-order valence-electron chi connectivity index (χ2n) is 4.20. The third kappa shape index (κ3) is 10.8. The van der Waals surface area contributed by atoms with E-state index in [1.165, 1.54) is 6.92 Å². The van der Waals surface area contributed by atoms with Crippen LogP contribution < -0.4 is 10.6 Å². The van der Waals surface area contributed by atoms with E-state index in [4.69, 9.17) is 9.84 Å². The van der Waals surface area contributed by atoms with Crippen LogP contribution in [0.15, 0.2) is 24.5 Å². The Balaban J connectivity index is 0.000000626. The zero-order valence-electron chi connectivity index (χ0n) is 12.6. The molecular weight excluding hydrogens is 495 g/mol. The van der Waals surface area contributed by atoms with Crippen LogP contribution in [0.25, 0.3) is 0 Å². The second-order valence-corrected chi connectivity index (χ2v) is 7.16. The SMILES string of the molecule is CC([S-])C(=O)O.COC([CH2][Hg+])CNC(=O)Nc1cccnc1. The fourth-order valence-electron chi connectivity index (χ4n) is 1.12. The van der Waals surface area contributed by atoms with Crippen LogP contribution in [-0.4, -0.2) is 47.1 Å². The van der Waals surface area contributed by atoms with Crippen molar-refractivity contribution < 1.29 is 45.6 Å². The van der Waals surface area contributed by atoms with Crippen molar-refractivity contribution in [2.24, 2.45) is 0 Å². The number of aliphatic carboxylic acids is 1. The van der Waals surface area contributed by atoms with E-state index in [0.717, 1.165) is 3.93 Å². The quantitative estimate of drug-likeness (QED) is 0.390. The number of anilines is 1. The standard InChI is InChI=1S/C10H14N3O2.C3H6O2S.Hg/c1-8(15-2)6-12-10(14)13-9-4-3-5-11-7-9;1-2(6)3(4)5;/h3-5,7-8H,1,6H2,2H3,(H2,12,13,14);2,6H,1H3,(H,4,5);/q;;+1/p-1. The number of urea groups is 1. The van der Waals surface area contributed by atoms with E-state index < -0.39 is 11.2 Å². The normalized spacial score (nSPS) is 12.4. The molecule has 9 heteroatoms. The van der Waals surface area contributed by atoms with Crippen molar-refractivity contribution >= 4 is 30.3 Å². The number of nitrogens with zero attached hydrogens (tertiary/aromatic N) is 1. The number of methoxy groups -OCH3 is 1. The van der Waals surface area contributed by atoms with E-state index >= 15 is 0 Å². The van der Waals surface area contributed by atoms with Gasteiger partial charge in [0, 0.05) is 0 Å². The second kappa shape index (κ2) is 12.7. The molecule has 2 amide bonds. The summed E-state index contributed by atoms with van der Waals surface area (Å²) in [5, 5.41) is 12.7. The van der Waals surface area contributed by atoms with Crippen molar-refractivity contribution in [1.29, 1.82) is 0 Å². The molecule has 0 bridgehead atoms. The van der Waals surface area contributed by atoms with Crippen LogP contribution in [0, 0.1) is 0 Å². The summed E-state index contributed by atoms with van der Waals surface area (Å²) in [7, 11) is 1.66. The van der Waals surface area contributed by atoms with Gasteiger partial charge < -0.3 is 17.7 Å². The molecule has 1 aromatic rings. The summed E-state index contributed by atoms with van der Waals surface area (Å²) in [5.41, 5.74) is 0.684. The molecule has 7 nitrogen and oxygen atoms in total. The van der Waals surface area contributed by atoms with Crippen molar-refractivity contribution in [3.63, 3.8) is 0 Å². The minimum absolute atomic E-state index is 0.142. The average molecular weight is 514 g/mol. The van der Waals surface area contributed by atoms with Crippen molar-refractivity contribution in [3.8, 4) is 0 Å². The number of aromatic nitrogens is 1. The topological polar surface area (TPSA) is 101 Å². The first-order valence-electron chi connectivity index (χ1n) is 6.56. The van der Waals surface area contributed by atoms with Crippen LogP contribution in [-0.2, 0) is 48.3 Å². The molecule has 0 spiro atoms. The van der Waals surface area contributed by atoms with E-state index in [9.17, 15) is 9.59 Å². The van der Waals surface area contributed by atoms with Gasteiger partial charge in [0.25, 0.3) is 5.97 Å². The third-order valence-corrected chi connectivity index (χ3v) is 5.12. The number of carbonyl (C=O) groups excluding carboxylic acids is 1. The molecule has 0 aliphatic rings. The molecule has 0 radical (unpaired) electrons. The fraction of sp³-hybridized carbons (Fsp3) is 0.462. The van der Waals surface area contributed by atoms with Crippen LogP contribution in [0.2, 0.25) is 3.93 Å². The van der Waals surface area contributed by atoms with Gasteiger partial charge in [-0.1, -0.05) is 12.2 Å². The Labute approximate surface area is 151 Å². The maximum atomic E-state index is 11.5. The predicted octanol–water partition coefficient (Wildman–Crippen LogP) is 1.19. The molecule has 0 aliphatic carbocycles. The van der Waals surface area contributed by atoms with E-state index in [2.05, 4.69) is 28.2 Å². The molecular formula is C13H19HgN3O4S. The number of hydrogen-bond acceptors (Lipinski definition) is 5. The number of carboxylic acids is 1. The van der Waals surface area contributed by atoms with Gasteiger partial charge in [0.15, 0.2) is 0 Å². The van der Waals surface area contributed by atoms with Crippen molar-refractivity contribution in [2.75, 3.05) is 19.0 Å². The molecule has 3 N–H and O–H groups in total. The molecule has 2 atom stereocenters. The monoisotopic (exact) mass is 515 g/mol. The summed E-state index contributed by atoms with van der Waals surface area (Å²) in [6, 6.07) is 3.33. The summed E-state index contributed by atoms with van der Waals surface area (Å²) >= 11 is 4.99. The fourth-order valence-corrected chi connectivity index (χ4v) is 2.83. The zero-order valence-corrected chi connectivity index (χ0v) is 18.9. The molecule has 0 fully saturated rings. The Bertz CT molecular complexity index is 444. The molecule has 2 unspecified atom stereocenters. The van der Waals surface area contributed by atoms with Gasteiger partial charge in [-0.25, -0.2) is 0 Å². The van der Waals surface area contributed by atoms with Crippen LogP contribution in [0.3, 0.4) is 0 Å². The van der Waals surface area contributed by atoms with E-state index in [-0.39, 0.29) is 12.1 Å². The molecule has 0 saturated heterocycles. The van der Waals surface area contributed by atoms with Gasteiger partial charge in [0.05, 0.1) is 0 Å². The number of nitrogens with one attached hydrogen (secondary N) is 2. The Kier molecular flexibility index (Phi) is 12.2. The molecule has 1 rings (SSSR count). The molecule has 22 heavy (non-hydrogen) atoms.